The lowest BCUT2D eigenvalue weighted by Crippen LogP contribution is -2.33. The molecule has 1 aromatic carbocycles. The Bertz CT molecular complexity index is 642. The van der Waals surface area contributed by atoms with Crippen LogP contribution in [0.3, 0.4) is 0 Å². The van der Waals surface area contributed by atoms with Crippen LogP contribution in [0.4, 0.5) is 5.69 Å². The lowest BCUT2D eigenvalue weighted by atomic mass is 10.1. The number of rotatable bonds is 5. The summed E-state index contributed by atoms with van der Waals surface area (Å²) in [5.74, 6) is -0.0528. The van der Waals surface area contributed by atoms with Crippen LogP contribution in [0.5, 0.6) is 0 Å². The molecule has 0 unspecified atom stereocenters. The molecule has 0 bridgehead atoms. The molecule has 1 aliphatic rings. The third kappa shape index (κ3) is 3.11. The minimum Gasteiger partial charge on any atom is -0.368 e. The highest BCUT2D eigenvalue weighted by atomic mass is 16.1. The van der Waals surface area contributed by atoms with E-state index < -0.39 is 0 Å². The first kappa shape index (κ1) is 14.6. The topological polar surface area (TPSA) is 45.2 Å². The Morgan fingerprint density at radius 1 is 1.32 bits per heavy atom. The number of para-hydroxylation sites is 1. The smallest absolute Gasteiger partial charge is 0.252 e. The molecule has 0 spiro atoms. The quantitative estimate of drug-likeness (QED) is 0.863. The van der Waals surface area contributed by atoms with E-state index in [0.29, 0.717) is 18.2 Å². The number of hydrogen-bond acceptors (Lipinski definition) is 3. The number of pyridine rings is 1. The van der Waals surface area contributed by atoms with Crippen LogP contribution in [0.15, 0.2) is 48.8 Å². The fraction of sp³-hybridized carbons (Fsp3) is 0.333. The first-order chi connectivity index (χ1) is 10.8. The number of amides is 1. The summed E-state index contributed by atoms with van der Waals surface area (Å²) in [6, 6.07) is 12.7. The number of aromatic nitrogens is 1. The van der Waals surface area contributed by atoms with Gasteiger partial charge in [-0.1, -0.05) is 18.2 Å². The van der Waals surface area contributed by atoms with E-state index in [9.17, 15) is 4.79 Å². The van der Waals surface area contributed by atoms with Gasteiger partial charge in [0, 0.05) is 37.2 Å². The van der Waals surface area contributed by atoms with Crippen LogP contribution in [-0.4, -0.2) is 30.0 Å². The predicted molar refractivity (Wildman–Crippen MR) is 88.1 cm³/mol. The summed E-state index contributed by atoms with van der Waals surface area (Å²) in [4.78, 5) is 18.3. The SMILES string of the molecule is C[C@H]1Cc2ccccc2N1CCCNC(=O)c1cccnc1. The monoisotopic (exact) mass is 295 g/mol. The molecule has 1 atom stereocenters. The van der Waals surface area contributed by atoms with Gasteiger partial charge in [0.15, 0.2) is 0 Å². The minimum atomic E-state index is -0.0528. The van der Waals surface area contributed by atoms with Crippen LogP contribution >= 0.6 is 0 Å². The average molecular weight is 295 g/mol. The van der Waals surface area contributed by atoms with Crippen molar-refractivity contribution < 1.29 is 4.79 Å². The fourth-order valence-corrected chi connectivity index (χ4v) is 3.02. The number of carbonyl (C=O) groups excluding carboxylic acids is 1. The molecule has 22 heavy (non-hydrogen) atoms. The number of nitrogens with one attached hydrogen (secondary N) is 1. The van der Waals surface area contributed by atoms with Gasteiger partial charge in [0.25, 0.3) is 5.91 Å². The molecule has 4 heteroatoms. The molecule has 0 saturated carbocycles. The van der Waals surface area contributed by atoms with Gasteiger partial charge in [-0.05, 0) is 43.5 Å². The lowest BCUT2D eigenvalue weighted by molar-refractivity contribution is 0.0953. The van der Waals surface area contributed by atoms with Crippen LogP contribution in [0.1, 0.15) is 29.3 Å². The Hall–Kier alpha value is -2.36. The van der Waals surface area contributed by atoms with E-state index in [4.69, 9.17) is 0 Å². The van der Waals surface area contributed by atoms with Gasteiger partial charge in [-0.15, -0.1) is 0 Å². The molecule has 1 aromatic heterocycles. The van der Waals surface area contributed by atoms with Gasteiger partial charge in [-0.25, -0.2) is 0 Å². The van der Waals surface area contributed by atoms with E-state index >= 15 is 0 Å². The molecule has 1 N–H and O–H groups in total. The highest BCUT2D eigenvalue weighted by molar-refractivity contribution is 5.93. The van der Waals surface area contributed by atoms with E-state index in [1.165, 1.54) is 11.3 Å². The molecule has 0 radical (unpaired) electrons. The summed E-state index contributed by atoms with van der Waals surface area (Å²) < 4.78 is 0. The van der Waals surface area contributed by atoms with Crippen molar-refractivity contribution in [3.63, 3.8) is 0 Å². The van der Waals surface area contributed by atoms with Crippen molar-refractivity contribution in [2.45, 2.75) is 25.8 Å². The molecule has 1 aliphatic heterocycles. The highest BCUT2D eigenvalue weighted by Crippen LogP contribution is 2.31. The second kappa shape index (κ2) is 6.60. The second-order valence-corrected chi connectivity index (χ2v) is 5.73. The first-order valence-corrected chi connectivity index (χ1v) is 7.78. The van der Waals surface area contributed by atoms with Crippen LogP contribution in [0.2, 0.25) is 0 Å². The number of benzene rings is 1. The number of fused-ring (bicyclic) bond motifs is 1. The molecular formula is C18H21N3O. The molecule has 0 saturated heterocycles. The van der Waals surface area contributed by atoms with Crippen molar-refractivity contribution in [1.82, 2.24) is 10.3 Å². The van der Waals surface area contributed by atoms with E-state index in [2.05, 4.69) is 46.4 Å². The van der Waals surface area contributed by atoms with Gasteiger partial charge >= 0.3 is 0 Å². The number of hydrogen-bond donors (Lipinski definition) is 1. The molecule has 3 rings (SSSR count). The standard InChI is InChI=1S/C18H21N3O/c1-14-12-15-6-2-3-8-17(15)21(14)11-5-10-20-18(22)16-7-4-9-19-13-16/h2-4,6-9,13-14H,5,10-12H2,1H3,(H,20,22)/t14-/m0/s1. The fourth-order valence-electron chi connectivity index (χ4n) is 3.02. The summed E-state index contributed by atoms with van der Waals surface area (Å²) in [5, 5.41) is 2.96. The van der Waals surface area contributed by atoms with Crippen molar-refractivity contribution in [3.8, 4) is 0 Å². The van der Waals surface area contributed by atoms with Crippen LogP contribution in [0, 0.1) is 0 Å². The third-order valence-electron chi connectivity index (χ3n) is 4.13. The second-order valence-electron chi connectivity index (χ2n) is 5.73. The van der Waals surface area contributed by atoms with Gasteiger partial charge in [0.1, 0.15) is 0 Å². The summed E-state index contributed by atoms with van der Waals surface area (Å²) in [5.41, 5.74) is 3.38. The maximum Gasteiger partial charge on any atom is 0.252 e. The Labute approximate surface area is 131 Å². The number of carbonyl (C=O) groups is 1. The van der Waals surface area contributed by atoms with Gasteiger partial charge < -0.3 is 10.2 Å². The first-order valence-electron chi connectivity index (χ1n) is 7.78. The molecule has 2 heterocycles. The predicted octanol–water partition coefficient (Wildman–Crippen LogP) is 2.65. The van der Waals surface area contributed by atoms with E-state index in [-0.39, 0.29) is 5.91 Å². The van der Waals surface area contributed by atoms with Crippen LogP contribution in [-0.2, 0) is 6.42 Å². The number of anilines is 1. The van der Waals surface area contributed by atoms with Crippen molar-refractivity contribution >= 4 is 11.6 Å². The summed E-state index contributed by atoms with van der Waals surface area (Å²) in [6.07, 6.45) is 5.31. The highest BCUT2D eigenvalue weighted by Gasteiger charge is 2.24. The molecule has 4 nitrogen and oxygen atoms in total. The van der Waals surface area contributed by atoms with E-state index in [0.717, 1.165) is 19.4 Å². The zero-order valence-electron chi connectivity index (χ0n) is 12.8. The summed E-state index contributed by atoms with van der Waals surface area (Å²) >= 11 is 0. The Kier molecular flexibility index (Phi) is 4.37. The zero-order chi connectivity index (χ0) is 15.4. The van der Waals surface area contributed by atoms with Crippen molar-refractivity contribution in [2.75, 3.05) is 18.0 Å². The van der Waals surface area contributed by atoms with Gasteiger partial charge in [0.2, 0.25) is 0 Å². The van der Waals surface area contributed by atoms with Gasteiger partial charge in [-0.2, -0.15) is 0 Å². The molecule has 2 aromatic rings. The molecule has 0 aliphatic carbocycles. The van der Waals surface area contributed by atoms with Gasteiger partial charge in [-0.3, -0.25) is 9.78 Å². The summed E-state index contributed by atoms with van der Waals surface area (Å²) in [7, 11) is 0. The Morgan fingerprint density at radius 3 is 3.00 bits per heavy atom. The van der Waals surface area contributed by atoms with Crippen molar-refractivity contribution in [2.24, 2.45) is 0 Å². The normalized spacial score (nSPS) is 16.4. The molecule has 1 amide bonds. The number of nitrogens with zero attached hydrogens (tertiary/aromatic N) is 2. The van der Waals surface area contributed by atoms with E-state index in [1.807, 2.05) is 0 Å². The minimum absolute atomic E-state index is 0.0528. The zero-order valence-corrected chi connectivity index (χ0v) is 12.8. The Balaban J connectivity index is 1.49. The lowest BCUT2D eigenvalue weighted by Gasteiger charge is -2.24. The van der Waals surface area contributed by atoms with Crippen molar-refractivity contribution in [3.05, 3.63) is 59.9 Å². The third-order valence-corrected chi connectivity index (χ3v) is 4.13. The summed E-state index contributed by atoms with van der Waals surface area (Å²) in [6.45, 7) is 3.90. The van der Waals surface area contributed by atoms with Crippen molar-refractivity contribution in [1.29, 1.82) is 0 Å². The molecule has 0 fully saturated rings. The van der Waals surface area contributed by atoms with Gasteiger partial charge in [0.05, 0.1) is 5.56 Å². The van der Waals surface area contributed by atoms with Crippen LogP contribution in [0.25, 0.3) is 0 Å². The van der Waals surface area contributed by atoms with E-state index in [1.54, 1.807) is 24.5 Å². The van der Waals surface area contributed by atoms with Crippen LogP contribution < -0.4 is 10.2 Å². The average Bonchev–Trinajstić information content (AvgIpc) is 2.88. The maximum atomic E-state index is 11.9. The Morgan fingerprint density at radius 2 is 2.18 bits per heavy atom. The molecule has 114 valence electrons. The maximum absolute atomic E-state index is 11.9. The molecular weight excluding hydrogens is 274 g/mol. The largest absolute Gasteiger partial charge is 0.368 e.